The summed E-state index contributed by atoms with van der Waals surface area (Å²) in [6.45, 7) is 9.66. The molecule has 1 amide bonds. The van der Waals surface area contributed by atoms with E-state index in [1.54, 1.807) is 6.07 Å². The molecule has 11 nitrogen and oxygen atoms in total. The minimum Gasteiger partial charge on any atom is -0.490 e. The van der Waals surface area contributed by atoms with E-state index in [4.69, 9.17) is 19.1 Å². The SMILES string of the molecule is CCc1cc(-c2noc(-c3cc(C)nc(OCC(C)C)n3)n2)cc(C)c1OC[C@@H](O)CNC(=O)CO. The van der Waals surface area contributed by atoms with Crippen molar-refractivity contribution in [2.45, 2.75) is 47.1 Å². The zero-order valence-electron chi connectivity index (χ0n) is 21.2. The molecule has 0 fully saturated rings. The van der Waals surface area contributed by atoms with Gasteiger partial charge in [-0.2, -0.15) is 9.97 Å². The lowest BCUT2D eigenvalue weighted by Crippen LogP contribution is -2.36. The number of aromatic nitrogens is 4. The van der Waals surface area contributed by atoms with Gasteiger partial charge in [-0.1, -0.05) is 25.9 Å². The molecule has 0 aliphatic carbocycles. The summed E-state index contributed by atoms with van der Waals surface area (Å²) in [7, 11) is 0. The third kappa shape index (κ3) is 7.22. The fourth-order valence-corrected chi connectivity index (χ4v) is 3.37. The highest BCUT2D eigenvalue weighted by molar-refractivity contribution is 5.76. The molecular weight excluding hydrogens is 466 g/mol. The maximum atomic E-state index is 11.2. The van der Waals surface area contributed by atoms with Crippen LogP contribution in [0.1, 0.15) is 37.6 Å². The van der Waals surface area contributed by atoms with Crippen molar-refractivity contribution >= 4 is 5.91 Å². The number of ether oxygens (including phenoxy) is 2. The molecule has 0 aliphatic rings. The van der Waals surface area contributed by atoms with Crippen molar-refractivity contribution in [3.63, 3.8) is 0 Å². The molecule has 2 heterocycles. The highest BCUT2D eigenvalue weighted by Gasteiger charge is 2.18. The molecule has 3 N–H and O–H groups in total. The maximum absolute atomic E-state index is 11.2. The lowest BCUT2D eigenvalue weighted by molar-refractivity contribution is -0.124. The zero-order valence-corrected chi connectivity index (χ0v) is 21.2. The highest BCUT2D eigenvalue weighted by atomic mass is 16.5. The van der Waals surface area contributed by atoms with Gasteiger partial charge in [-0.05, 0) is 55.5 Å². The number of hydrogen-bond acceptors (Lipinski definition) is 10. The number of hydrogen-bond donors (Lipinski definition) is 3. The molecule has 0 bridgehead atoms. The highest BCUT2D eigenvalue weighted by Crippen LogP contribution is 2.31. The van der Waals surface area contributed by atoms with E-state index in [0.29, 0.717) is 36.2 Å². The van der Waals surface area contributed by atoms with E-state index < -0.39 is 18.6 Å². The smallest absolute Gasteiger partial charge is 0.317 e. The standard InChI is InChI=1S/C25H33N5O6/c1-6-17-9-18(7-15(4)22(17)34-13-19(32)10-26-21(33)11-31)23-29-24(36-30-23)20-8-16(5)27-25(28-20)35-12-14(2)3/h7-9,14,19,31-32H,6,10-13H2,1-5H3,(H,26,33)/t19-/m0/s1. The molecule has 3 rings (SSSR count). The minimum atomic E-state index is -0.922. The Bertz CT molecular complexity index is 1180. The fraction of sp³-hybridized carbons (Fsp3) is 0.480. The van der Waals surface area contributed by atoms with Crippen molar-refractivity contribution in [2.75, 3.05) is 26.4 Å². The van der Waals surface area contributed by atoms with Gasteiger partial charge in [0.1, 0.15) is 30.8 Å². The van der Waals surface area contributed by atoms with Crippen LogP contribution in [0.25, 0.3) is 23.0 Å². The number of aliphatic hydroxyl groups excluding tert-OH is 2. The van der Waals surface area contributed by atoms with Crippen molar-refractivity contribution in [3.05, 3.63) is 35.0 Å². The van der Waals surface area contributed by atoms with E-state index in [0.717, 1.165) is 22.4 Å². The topological polar surface area (TPSA) is 153 Å². The second-order valence-corrected chi connectivity index (χ2v) is 8.87. The Labute approximate surface area is 209 Å². The molecule has 0 unspecified atom stereocenters. The lowest BCUT2D eigenvalue weighted by atomic mass is 10.0. The van der Waals surface area contributed by atoms with Crippen molar-refractivity contribution in [3.8, 4) is 34.7 Å². The van der Waals surface area contributed by atoms with E-state index in [9.17, 15) is 9.90 Å². The number of aliphatic hydroxyl groups is 2. The van der Waals surface area contributed by atoms with Crippen molar-refractivity contribution in [1.29, 1.82) is 0 Å². The van der Waals surface area contributed by atoms with Crippen LogP contribution in [0, 0.1) is 19.8 Å². The molecule has 0 aliphatic heterocycles. The molecule has 0 saturated heterocycles. The molecule has 0 spiro atoms. The number of nitrogens with zero attached hydrogens (tertiary/aromatic N) is 4. The van der Waals surface area contributed by atoms with Crippen molar-refractivity contribution < 1.29 is 29.0 Å². The van der Waals surface area contributed by atoms with Gasteiger partial charge in [0, 0.05) is 17.8 Å². The van der Waals surface area contributed by atoms with Gasteiger partial charge in [0.05, 0.1) is 6.61 Å². The van der Waals surface area contributed by atoms with Crippen LogP contribution in [0.4, 0.5) is 0 Å². The van der Waals surface area contributed by atoms with Crippen LogP contribution in [-0.4, -0.2) is 68.7 Å². The Kier molecular flexibility index (Phi) is 9.31. The summed E-state index contributed by atoms with van der Waals surface area (Å²) in [5.41, 5.74) is 3.70. The summed E-state index contributed by atoms with van der Waals surface area (Å²) in [5, 5.41) is 25.4. The van der Waals surface area contributed by atoms with Gasteiger partial charge < -0.3 is 29.5 Å². The van der Waals surface area contributed by atoms with Crippen LogP contribution in [-0.2, 0) is 11.2 Å². The fourth-order valence-electron chi connectivity index (χ4n) is 3.37. The number of rotatable bonds is 12. The van der Waals surface area contributed by atoms with Crippen LogP contribution in [0.3, 0.4) is 0 Å². The summed E-state index contributed by atoms with van der Waals surface area (Å²) < 4.78 is 17.0. The van der Waals surface area contributed by atoms with E-state index >= 15 is 0 Å². The molecule has 11 heteroatoms. The Hall–Kier alpha value is -3.57. The first-order valence-electron chi connectivity index (χ1n) is 11.8. The molecule has 3 aromatic rings. The first-order chi connectivity index (χ1) is 17.2. The van der Waals surface area contributed by atoms with Crippen molar-refractivity contribution in [1.82, 2.24) is 25.4 Å². The van der Waals surface area contributed by atoms with Gasteiger partial charge >= 0.3 is 6.01 Å². The van der Waals surface area contributed by atoms with E-state index in [2.05, 4.69) is 25.4 Å². The third-order valence-corrected chi connectivity index (χ3v) is 5.11. The van der Waals surface area contributed by atoms with Crippen LogP contribution >= 0.6 is 0 Å². The largest absolute Gasteiger partial charge is 0.490 e. The predicted molar refractivity (Wildman–Crippen MR) is 132 cm³/mol. The van der Waals surface area contributed by atoms with E-state index in [1.165, 1.54) is 0 Å². The number of aryl methyl sites for hydroxylation is 3. The van der Waals surface area contributed by atoms with Gasteiger partial charge in [0.25, 0.3) is 5.89 Å². The average Bonchev–Trinajstić information content (AvgIpc) is 3.35. The van der Waals surface area contributed by atoms with Crippen LogP contribution in [0.15, 0.2) is 22.7 Å². The van der Waals surface area contributed by atoms with Crippen molar-refractivity contribution in [2.24, 2.45) is 5.92 Å². The Balaban J connectivity index is 1.77. The Morgan fingerprint density at radius 1 is 1.11 bits per heavy atom. The third-order valence-electron chi connectivity index (χ3n) is 5.11. The molecule has 194 valence electrons. The molecular formula is C25H33N5O6. The summed E-state index contributed by atoms with van der Waals surface area (Å²) in [5.74, 6) is 1.09. The monoisotopic (exact) mass is 499 g/mol. The second-order valence-electron chi connectivity index (χ2n) is 8.87. The van der Waals surface area contributed by atoms with E-state index in [-0.39, 0.29) is 25.1 Å². The molecule has 1 aromatic carbocycles. The zero-order chi connectivity index (χ0) is 26.2. The van der Waals surface area contributed by atoms with Gasteiger partial charge in [0.15, 0.2) is 0 Å². The first kappa shape index (κ1) is 27.0. The second kappa shape index (κ2) is 12.4. The number of benzene rings is 1. The molecule has 36 heavy (non-hydrogen) atoms. The lowest BCUT2D eigenvalue weighted by Gasteiger charge is -2.17. The summed E-state index contributed by atoms with van der Waals surface area (Å²) >= 11 is 0. The quantitative estimate of drug-likeness (QED) is 0.338. The maximum Gasteiger partial charge on any atom is 0.317 e. The van der Waals surface area contributed by atoms with E-state index in [1.807, 2.05) is 46.8 Å². The first-order valence-corrected chi connectivity index (χ1v) is 11.8. The molecule has 0 saturated carbocycles. The number of carbonyl (C=O) groups excluding carboxylic acids is 1. The van der Waals surface area contributed by atoms with Crippen LogP contribution in [0.2, 0.25) is 0 Å². The normalized spacial score (nSPS) is 12.0. The number of carbonyl (C=O) groups is 1. The van der Waals surface area contributed by atoms with Crippen LogP contribution < -0.4 is 14.8 Å². The molecule has 1 atom stereocenters. The Morgan fingerprint density at radius 3 is 2.58 bits per heavy atom. The van der Waals surface area contributed by atoms with Gasteiger partial charge in [0.2, 0.25) is 11.7 Å². The summed E-state index contributed by atoms with van der Waals surface area (Å²) in [6, 6.07) is 5.82. The average molecular weight is 500 g/mol. The molecule has 2 aromatic heterocycles. The number of nitrogens with one attached hydrogen (secondary N) is 1. The van der Waals surface area contributed by atoms with Gasteiger partial charge in [-0.25, -0.2) is 4.98 Å². The summed E-state index contributed by atoms with van der Waals surface area (Å²) in [6.07, 6.45) is -0.247. The minimum absolute atomic E-state index is 0.0144. The van der Waals surface area contributed by atoms with Crippen LogP contribution in [0.5, 0.6) is 11.8 Å². The predicted octanol–water partition coefficient (Wildman–Crippen LogP) is 2.26. The van der Waals surface area contributed by atoms with Gasteiger partial charge in [-0.15, -0.1) is 0 Å². The van der Waals surface area contributed by atoms with Gasteiger partial charge in [-0.3, -0.25) is 4.79 Å². The summed E-state index contributed by atoms with van der Waals surface area (Å²) in [4.78, 5) is 24.4. The molecule has 0 radical (unpaired) electrons. The Morgan fingerprint density at radius 2 is 1.89 bits per heavy atom. The number of amides is 1.